The van der Waals surface area contributed by atoms with Crippen molar-refractivity contribution in [2.75, 3.05) is 13.1 Å². The third-order valence-corrected chi connectivity index (χ3v) is 4.10. The Bertz CT molecular complexity index is 396. The Morgan fingerprint density at radius 1 is 1.47 bits per heavy atom. The highest BCUT2D eigenvalue weighted by atomic mass is 16.1. The van der Waals surface area contributed by atoms with Gasteiger partial charge >= 0.3 is 0 Å². The number of carbonyl (C=O) groups is 1. The number of rotatable bonds is 7. The third kappa shape index (κ3) is 4.03. The van der Waals surface area contributed by atoms with E-state index < -0.39 is 0 Å². The zero-order valence-electron chi connectivity index (χ0n) is 11.4. The van der Waals surface area contributed by atoms with E-state index in [9.17, 15) is 4.79 Å². The Morgan fingerprint density at radius 3 is 2.89 bits per heavy atom. The molecule has 1 aliphatic rings. The molecule has 0 aromatic carbocycles. The molecule has 1 amide bonds. The van der Waals surface area contributed by atoms with Gasteiger partial charge in [-0.25, -0.2) is 0 Å². The van der Waals surface area contributed by atoms with Gasteiger partial charge in [-0.1, -0.05) is 12.5 Å². The molecule has 104 valence electrons. The molecular formula is C15H23N3O. The van der Waals surface area contributed by atoms with E-state index in [4.69, 9.17) is 5.73 Å². The van der Waals surface area contributed by atoms with Crippen LogP contribution >= 0.6 is 0 Å². The second-order valence-electron chi connectivity index (χ2n) is 5.55. The number of hydrogen-bond donors (Lipinski definition) is 2. The molecule has 4 heteroatoms. The second kappa shape index (κ2) is 6.66. The van der Waals surface area contributed by atoms with Gasteiger partial charge in [-0.05, 0) is 49.3 Å². The molecular weight excluding hydrogens is 238 g/mol. The van der Waals surface area contributed by atoms with E-state index in [0.717, 1.165) is 32.2 Å². The number of nitrogens with one attached hydrogen (secondary N) is 1. The Hall–Kier alpha value is -1.42. The number of pyridine rings is 1. The summed E-state index contributed by atoms with van der Waals surface area (Å²) < 4.78 is 0. The van der Waals surface area contributed by atoms with Crippen LogP contribution in [0.5, 0.6) is 0 Å². The van der Waals surface area contributed by atoms with Crippen LogP contribution in [0.3, 0.4) is 0 Å². The van der Waals surface area contributed by atoms with Crippen molar-refractivity contribution in [2.45, 2.75) is 38.5 Å². The van der Waals surface area contributed by atoms with Crippen molar-refractivity contribution < 1.29 is 4.79 Å². The molecule has 1 saturated carbocycles. The van der Waals surface area contributed by atoms with Crippen molar-refractivity contribution in [2.24, 2.45) is 11.1 Å². The summed E-state index contributed by atoms with van der Waals surface area (Å²) in [6.07, 6.45) is 9.52. The summed E-state index contributed by atoms with van der Waals surface area (Å²) >= 11 is 0. The number of amides is 1. The molecule has 0 radical (unpaired) electrons. The second-order valence-corrected chi connectivity index (χ2v) is 5.55. The molecule has 1 aromatic heterocycles. The molecule has 19 heavy (non-hydrogen) atoms. The minimum Gasteiger partial charge on any atom is -0.355 e. The Labute approximate surface area is 114 Å². The standard InChI is InChI=1S/C15H23N3O/c16-11-15(7-3-8-15)12-18-14(19)6-1-4-13-5-2-9-17-10-13/h2,5,9-10H,1,3-4,6-8,11-12,16H2,(H,18,19). The van der Waals surface area contributed by atoms with Gasteiger partial charge in [-0.3, -0.25) is 9.78 Å². The average Bonchev–Trinajstić information content (AvgIpc) is 2.39. The molecule has 4 nitrogen and oxygen atoms in total. The van der Waals surface area contributed by atoms with Crippen LogP contribution in [0, 0.1) is 5.41 Å². The van der Waals surface area contributed by atoms with Gasteiger partial charge in [0.15, 0.2) is 0 Å². The number of aryl methyl sites for hydroxylation is 1. The summed E-state index contributed by atoms with van der Waals surface area (Å²) in [5, 5.41) is 3.03. The maximum absolute atomic E-state index is 11.8. The van der Waals surface area contributed by atoms with Gasteiger partial charge in [-0.2, -0.15) is 0 Å². The summed E-state index contributed by atoms with van der Waals surface area (Å²) in [7, 11) is 0. The van der Waals surface area contributed by atoms with Crippen LogP contribution in [0.4, 0.5) is 0 Å². The van der Waals surface area contributed by atoms with E-state index in [2.05, 4.69) is 10.3 Å². The lowest BCUT2D eigenvalue weighted by Gasteiger charge is -2.41. The molecule has 0 spiro atoms. The molecule has 0 aliphatic heterocycles. The van der Waals surface area contributed by atoms with Crippen LogP contribution in [0.15, 0.2) is 24.5 Å². The van der Waals surface area contributed by atoms with Gasteiger partial charge in [-0.15, -0.1) is 0 Å². The number of hydrogen-bond acceptors (Lipinski definition) is 3. The van der Waals surface area contributed by atoms with Gasteiger partial charge < -0.3 is 11.1 Å². The van der Waals surface area contributed by atoms with Crippen molar-refractivity contribution >= 4 is 5.91 Å². The number of carbonyl (C=O) groups excluding carboxylic acids is 1. The zero-order chi connectivity index (χ0) is 13.6. The largest absolute Gasteiger partial charge is 0.355 e. The monoisotopic (exact) mass is 261 g/mol. The van der Waals surface area contributed by atoms with E-state index in [1.807, 2.05) is 18.3 Å². The van der Waals surface area contributed by atoms with Gasteiger partial charge in [0.05, 0.1) is 0 Å². The maximum Gasteiger partial charge on any atom is 0.220 e. The summed E-state index contributed by atoms with van der Waals surface area (Å²) in [5.74, 6) is 0.142. The number of nitrogens with two attached hydrogens (primary N) is 1. The summed E-state index contributed by atoms with van der Waals surface area (Å²) in [4.78, 5) is 15.8. The quantitative estimate of drug-likeness (QED) is 0.784. The fraction of sp³-hybridized carbons (Fsp3) is 0.600. The first-order chi connectivity index (χ1) is 9.24. The highest BCUT2D eigenvalue weighted by Gasteiger charge is 2.35. The molecule has 3 N–H and O–H groups in total. The molecule has 1 heterocycles. The normalized spacial score (nSPS) is 16.7. The molecule has 0 bridgehead atoms. The van der Waals surface area contributed by atoms with Crippen molar-refractivity contribution in [3.8, 4) is 0 Å². The first-order valence-corrected chi connectivity index (χ1v) is 7.10. The molecule has 0 saturated heterocycles. The first kappa shape index (κ1) is 14.0. The SMILES string of the molecule is NCC1(CNC(=O)CCCc2cccnc2)CCC1. The lowest BCUT2D eigenvalue weighted by molar-refractivity contribution is -0.122. The maximum atomic E-state index is 11.8. The van der Waals surface area contributed by atoms with Gasteiger partial charge in [0, 0.05) is 25.4 Å². The fourth-order valence-corrected chi connectivity index (χ4v) is 2.50. The van der Waals surface area contributed by atoms with Gasteiger partial charge in [0.1, 0.15) is 0 Å². The molecule has 2 rings (SSSR count). The Morgan fingerprint density at radius 2 is 2.32 bits per heavy atom. The lowest BCUT2D eigenvalue weighted by Crippen LogP contribution is -2.46. The van der Waals surface area contributed by atoms with Crippen LogP contribution in [-0.4, -0.2) is 24.0 Å². The summed E-state index contributed by atoms with van der Waals surface area (Å²) in [5.41, 5.74) is 7.15. The van der Waals surface area contributed by atoms with Gasteiger partial charge in [0.25, 0.3) is 0 Å². The molecule has 0 unspecified atom stereocenters. The van der Waals surface area contributed by atoms with Crippen molar-refractivity contribution in [1.82, 2.24) is 10.3 Å². The predicted octanol–water partition coefficient (Wildman–Crippen LogP) is 1.65. The van der Waals surface area contributed by atoms with Crippen LogP contribution in [-0.2, 0) is 11.2 Å². The highest BCUT2D eigenvalue weighted by molar-refractivity contribution is 5.75. The lowest BCUT2D eigenvalue weighted by atomic mass is 9.69. The predicted molar refractivity (Wildman–Crippen MR) is 75.5 cm³/mol. The Kier molecular flexibility index (Phi) is 4.91. The topological polar surface area (TPSA) is 68.0 Å². The van der Waals surface area contributed by atoms with E-state index in [1.54, 1.807) is 6.20 Å². The van der Waals surface area contributed by atoms with Crippen LogP contribution in [0.25, 0.3) is 0 Å². The highest BCUT2D eigenvalue weighted by Crippen LogP contribution is 2.39. The molecule has 0 atom stereocenters. The first-order valence-electron chi connectivity index (χ1n) is 7.10. The van der Waals surface area contributed by atoms with Gasteiger partial charge in [0.2, 0.25) is 5.91 Å². The van der Waals surface area contributed by atoms with Crippen LogP contribution in [0.2, 0.25) is 0 Å². The van der Waals surface area contributed by atoms with E-state index in [-0.39, 0.29) is 11.3 Å². The Balaban J connectivity index is 1.62. The van der Waals surface area contributed by atoms with Crippen molar-refractivity contribution in [1.29, 1.82) is 0 Å². The minimum absolute atomic E-state index is 0.142. The van der Waals surface area contributed by atoms with E-state index in [1.165, 1.54) is 12.0 Å². The zero-order valence-corrected chi connectivity index (χ0v) is 11.4. The van der Waals surface area contributed by atoms with E-state index >= 15 is 0 Å². The number of nitrogens with zero attached hydrogens (tertiary/aromatic N) is 1. The summed E-state index contributed by atoms with van der Waals surface area (Å²) in [6.45, 7) is 1.43. The van der Waals surface area contributed by atoms with Crippen molar-refractivity contribution in [3.05, 3.63) is 30.1 Å². The third-order valence-electron chi connectivity index (χ3n) is 4.10. The number of aromatic nitrogens is 1. The van der Waals surface area contributed by atoms with Crippen LogP contribution < -0.4 is 11.1 Å². The smallest absolute Gasteiger partial charge is 0.220 e. The average molecular weight is 261 g/mol. The van der Waals surface area contributed by atoms with Crippen molar-refractivity contribution in [3.63, 3.8) is 0 Å². The minimum atomic E-state index is 0.142. The molecule has 1 aromatic rings. The fourth-order valence-electron chi connectivity index (χ4n) is 2.50. The van der Waals surface area contributed by atoms with Crippen LogP contribution in [0.1, 0.15) is 37.7 Å². The summed E-state index contributed by atoms with van der Waals surface area (Å²) in [6, 6.07) is 3.97. The van der Waals surface area contributed by atoms with E-state index in [0.29, 0.717) is 13.0 Å². The molecule has 1 aliphatic carbocycles. The molecule has 1 fully saturated rings.